The van der Waals surface area contributed by atoms with Crippen LogP contribution >= 0.6 is 11.3 Å². The van der Waals surface area contributed by atoms with Crippen molar-refractivity contribution in [2.24, 2.45) is 0 Å². The molecule has 4 rings (SSSR count). The zero-order valence-electron chi connectivity index (χ0n) is 17.9. The number of methoxy groups -OCH3 is 2. The summed E-state index contributed by atoms with van der Waals surface area (Å²) in [6.07, 6.45) is 0.555. The second kappa shape index (κ2) is 9.61. The zero-order chi connectivity index (χ0) is 22.5. The van der Waals surface area contributed by atoms with Crippen LogP contribution in [0.15, 0.2) is 52.3 Å². The van der Waals surface area contributed by atoms with Crippen LogP contribution in [0.4, 0.5) is 5.13 Å². The molecule has 32 heavy (non-hydrogen) atoms. The second-order valence-electron chi connectivity index (χ2n) is 7.02. The van der Waals surface area contributed by atoms with Gasteiger partial charge in [-0.25, -0.2) is 4.98 Å². The summed E-state index contributed by atoms with van der Waals surface area (Å²) in [6, 6.07) is 13.4. The summed E-state index contributed by atoms with van der Waals surface area (Å²) in [5, 5.41) is 13.3. The molecule has 0 fully saturated rings. The lowest BCUT2D eigenvalue weighted by Crippen LogP contribution is -2.12. The number of ether oxygens (including phenoxy) is 2. The van der Waals surface area contributed by atoms with Crippen LogP contribution in [-0.2, 0) is 11.2 Å². The Hall–Kier alpha value is -3.72. The number of aromatic nitrogens is 3. The summed E-state index contributed by atoms with van der Waals surface area (Å²) >= 11 is 1.35. The minimum Gasteiger partial charge on any atom is -0.493 e. The van der Waals surface area contributed by atoms with Gasteiger partial charge in [0.1, 0.15) is 0 Å². The first kappa shape index (κ1) is 21.5. The molecule has 0 aliphatic carbocycles. The average Bonchev–Trinajstić information content (AvgIpc) is 3.47. The highest BCUT2D eigenvalue weighted by Gasteiger charge is 2.13. The number of aryl methyl sites for hydroxylation is 2. The van der Waals surface area contributed by atoms with Crippen LogP contribution in [0.1, 0.15) is 17.9 Å². The number of nitrogens with one attached hydrogen (secondary N) is 1. The highest BCUT2D eigenvalue weighted by atomic mass is 32.1. The minimum absolute atomic E-state index is 0.173. The van der Waals surface area contributed by atoms with Crippen molar-refractivity contribution in [1.82, 2.24) is 15.2 Å². The minimum atomic E-state index is -0.173. The summed E-state index contributed by atoms with van der Waals surface area (Å²) < 4.78 is 16.3. The van der Waals surface area contributed by atoms with Gasteiger partial charge in [0.15, 0.2) is 16.6 Å². The number of nitrogens with zero attached hydrogens (tertiary/aromatic N) is 3. The molecule has 2 aromatic heterocycles. The molecule has 4 aromatic rings. The quantitative estimate of drug-likeness (QED) is 0.413. The summed E-state index contributed by atoms with van der Waals surface area (Å²) in [5.41, 5.74) is 3.62. The first-order chi connectivity index (χ1) is 15.6. The smallest absolute Gasteiger partial charge is 0.247 e. The molecule has 0 unspecified atom stereocenters. The Balaban J connectivity index is 1.34. The van der Waals surface area contributed by atoms with Gasteiger partial charge in [-0.05, 0) is 37.3 Å². The molecule has 0 aliphatic rings. The fraction of sp³-hybridized carbons (Fsp3) is 0.217. The van der Waals surface area contributed by atoms with E-state index in [9.17, 15) is 4.79 Å². The lowest BCUT2D eigenvalue weighted by atomic mass is 10.1. The molecule has 164 valence electrons. The Kier molecular flexibility index (Phi) is 6.46. The SMILES string of the molecule is COc1ccc(-c2csc(NC(=O)CCc3nnc(-c4ccc(C)cc4)o3)n2)cc1OC. The van der Waals surface area contributed by atoms with Crippen molar-refractivity contribution < 1.29 is 18.7 Å². The van der Waals surface area contributed by atoms with E-state index in [4.69, 9.17) is 13.9 Å². The molecular weight excluding hydrogens is 428 g/mol. The predicted octanol–water partition coefficient (Wildman–Crippen LogP) is 4.76. The molecule has 2 heterocycles. The molecular formula is C23H22N4O4S. The van der Waals surface area contributed by atoms with E-state index in [0.717, 1.165) is 22.4 Å². The van der Waals surface area contributed by atoms with Gasteiger partial charge in [0, 0.05) is 29.3 Å². The summed E-state index contributed by atoms with van der Waals surface area (Å²) in [4.78, 5) is 16.9. The van der Waals surface area contributed by atoms with Gasteiger partial charge in [0.05, 0.1) is 19.9 Å². The van der Waals surface area contributed by atoms with Crippen LogP contribution in [0.3, 0.4) is 0 Å². The lowest BCUT2D eigenvalue weighted by Gasteiger charge is -2.08. The normalized spacial score (nSPS) is 10.7. The van der Waals surface area contributed by atoms with Gasteiger partial charge in [0.2, 0.25) is 17.7 Å². The third-order valence-corrected chi connectivity index (χ3v) is 5.52. The summed E-state index contributed by atoms with van der Waals surface area (Å²) in [6.45, 7) is 2.01. The molecule has 0 aliphatic heterocycles. The molecule has 0 atom stereocenters. The van der Waals surface area contributed by atoms with Crippen molar-refractivity contribution in [3.8, 4) is 34.2 Å². The molecule has 8 nitrogen and oxygen atoms in total. The van der Waals surface area contributed by atoms with Crippen LogP contribution in [0.25, 0.3) is 22.7 Å². The van der Waals surface area contributed by atoms with E-state index in [0.29, 0.717) is 34.8 Å². The van der Waals surface area contributed by atoms with E-state index in [1.807, 2.05) is 54.8 Å². The number of benzene rings is 2. The van der Waals surface area contributed by atoms with Crippen LogP contribution in [0, 0.1) is 6.92 Å². The molecule has 2 aromatic carbocycles. The average molecular weight is 451 g/mol. The van der Waals surface area contributed by atoms with E-state index in [1.165, 1.54) is 11.3 Å². The van der Waals surface area contributed by atoms with E-state index < -0.39 is 0 Å². The number of anilines is 1. The Labute approximate surface area is 189 Å². The first-order valence-corrected chi connectivity index (χ1v) is 10.8. The number of carbonyl (C=O) groups excluding carboxylic acids is 1. The number of rotatable bonds is 8. The van der Waals surface area contributed by atoms with Crippen molar-refractivity contribution >= 4 is 22.4 Å². The molecule has 1 amide bonds. The first-order valence-electron chi connectivity index (χ1n) is 9.93. The maximum Gasteiger partial charge on any atom is 0.247 e. The Morgan fingerprint density at radius 1 is 1.03 bits per heavy atom. The predicted molar refractivity (Wildman–Crippen MR) is 122 cm³/mol. The number of hydrogen-bond acceptors (Lipinski definition) is 8. The topological polar surface area (TPSA) is 99.4 Å². The highest BCUT2D eigenvalue weighted by Crippen LogP contribution is 2.33. The second-order valence-corrected chi connectivity index (χ2v) is 7.88. The van der Waals surface area contributed by atoms with Crippen molar-refractivity contribution in [1.29, 1.82) is 0 Å². The summed E-state index contributed by atoms with van der Waals surface area (Å²) in [7, 11) is 3.17. The molecule has 0 bridgehead atoms. The van der Waals surface area contributed by atoms with Crippen molar-refractivity contribution in [3.63, 3.8) is 0 Å². The van der Waals surface area contributed by atoms with Crippen LogP contribution in [0.2, 0.25) is 0 Å². The Morgan fingerprint density at radius 3 is 2.53 bits per heavy atom. The number of amides is 1. The van der Waals surface area contributed by atoms with Crippen LogP contribution in [-0.4, -0.2) is 35.3 Å². The van der Waals surface area contributed by atoms with Crippen LogP contribution < -0.4 is 14.8 Å². The summed E-state index contributed by atoms with van der Waals surface area (Å²) in [5.74, 6) is 1.95. The molecule has 0 saturated carbocycles. The lowest BCUT2D eigenvalue weighted by molar-refractivity contribution is -0.116. The third kappa shape index (κ3) is 4.94. The largest absolute Gasteiger partial charge is 0.493 e. The highest BCUT2D eigenvalue weighted by molar-refractivity contribution is 7.14. The van der Waals surface area contributed by atoms with E-state index in [-0.39, 0.29) is 12.3 Å². The zero-order valence-corrected chi connectivity index (χ0v) is 18.7. The molecule has 0 spiro atoms. The molecule has 0 radical (unpaired) electrons. The number of carbonyl (C=O) groups is 1. The van der Waals surface area contributed by atoms with Gasteiger partial charge in [0.25, 0.3) is 0 Å². The Morgan fingerprint density at radius 2 is 1.78 bits per heavy atom. The number of thiazole rings is 1. The monoisotopic (exact) mass is 450 g/mol. The van der Waals surface area contributed by atoms with Gasteiger partial charge in [-0.1, -0.05) is 17.7 Å². The van der Waals surface area contributed by atoms with Crippen LogP contribution in [0.5, 0.6) is 11.5 Å². The maximum atomic E-state index is 12.4. The van der Waals surface area contributed by atoms with Crippen molar-refractivity contribution in [3.05, 3.63) is 59.3 Å². The van der Waals surface area contributed by atoms with Gasteiger partial charge in [-0.3, -0.25) is 4.79 Å². The fourth-order valence-electron chi connectivity index (χ4n) is 3.03. The van der Waals surface area contributed by atoms with E-state index in [2.05, 4.69) is 20.5 Å². The Bertz CT molecular complexity index is 1220. The van der Waals surface area contributed by atoms with Gasteiger partial charge in [-0.15, -0.1) is 21.5 Å². The molecule has 1 N–H and O–H groups in total. The van der Waals surface area contributed by atoms with E-state index in [1.54, 1.807) is 14.2 Å². The van der Waals surface area contributed by atoms with Gasteiger partial charge in [-0.2, -0.15) is 0 Å². The number of hydrogen-bond donors (Lipinski definition) is 1. The maximum absolute atomic E-state index is 12.4. The standard InChI is InChI=1S/C23H22N4O4S/c1-14-4-6-15(7-5-14)22-27-26-21(31-22)11-10-20(28)25-23-24-17(13-32-23)16-8-9-18(29-2)19(12-16)30-3/h4-9,12-13H,10-11H2,1-3H3,(H,24,25,28). The molecule has 9 heteroatoms. The van der Waals surface area contributed by atoms with E-state index >= 15 is 0 Å². The third-order valence-electron chi connectivity index (χ3n) is 4.76. The van der Waals surface area contributed by atoms with Crippen molar-refractivity contribution in [2.75, 3.05) is 19.5 Å². The van der Waals surface area contributed by atoms with Crippen molar-refractivity contribution in [2.45, 2.75) is 19.8 Å². The molecule has 0 saturated heterocycles. The fourth-order valence-corrected chi connectivity index (χ4v) is 3.76. The van der Waals surface area contributed by atoms with Gasteiger partial charge >= 0.3 is 0 Å². The van der Waals surface area contributed by atoms with Gasteiger partial charge < -0.3 is 19.2 Å².